The minimum atomic E-state index is -4.23. The zero-order valence-electron chi connectivity index (χ0n) is 22.4. The van der Waals surface area contributed by atoms with Gasteiger partial charge in [-0.25, -0.2) is 8.42 Å². The van der Waals surface area contributed by atoms with E-state index in [1.54, 1.807) is 30.3 Å². The predicted octanol–water partition coefficient (Wildman–Crippen LogP) is 6.58. The smallest absolute Gasteiger partial charge is 0.249 e. The normalized spacial score (nSPS) is 18.5. The SMILES string of the molecule is CC(C)C[C@H](NC(=O)C1=CCC(c2cccc(Br)c2)N(S(=O)(=O)c2ccc(Cl)cc2)C1c1cccc(Cl)c1)C(N)=O. The summed E-state index contributed by atoms with van der Waals surface area (Å²) in [6, 6.07) is 17.4. The lowest BCUT2D eigenvalue weighted by molar-refractivity contribution is -0.126. The molecule has 0 saturated carbocycles. The Kier molecular flexibility index (Phi) is 9.97. The Morgan fingerprint density at radius 3 is 2.27 bits per heavy atom. The molecule has 2 amide bonds. The van der Waals surface area contributed by atoms with Crippen LogP contribution < -0.4 is 11.1 Å². The largest absolute Gasteiger partial charge is 0.368 e. The molecule has 3 atom stereocenters. The van der Waals surface area contributed by atoms with Gasteiger partial charge in [-0.1, -0.05) is 83.3 Å². The highest BCUT2D eigenvalue weighted by Crippen LogP contribution is 2.46. The number of hydrogen-bond donors (Lipinski definition) is 2. The molecule has 3 N–H and O–H groups in total. The molecule has 7 nitrogen and oxygen atoms in total. The number of sulfonamides is 1. The molecule has 3 aromatic carbocycles. The lowest BCUT2D eigenvalue weighted by atomic mass is 9.88. The van der Waals surface area contributed by atoms with Crippen LogP contribution in [0.5, 0.6) is 0 Å². The van der Waals surface area contributed by atoms with Crippen molar-refractivity contribution < 1.29 is 18.0 Å². The Morgan fingerprint density at radius 2 is 1.66 bits per heavy atom. The van der Waals surface area contributed by atoms with Crippen LogP contribution in [-0.4, -0.2) is 30.6 Å². The minimum absolute atomic E-state index is 0.0189. The maximum atomic E-state index is 14.5. The van der Waals surface area contributed by atoms with Gasteiger partial charge >= 0.3 is 0 Å². The summed E-state index contributed by atoms with van der Waals surface area (Å²) < 4.78 is 31.1. The number of hydrogen-bond acceptors (Lipinski definition) is 4. The minimum Gasteiger partial charge on any atom is -0.368 e. The predicted molar refractivity (Wildman–Crippen MR) is 165 cm³/mol. The van der Waals surface area contributed by atoms with E-state index in [-0.39, 0.29) is 22.8 Å². The van der Waals surface area contributed by atoms with Crippen LogP contribution in [0.3, 0.4) is 0 Å². The molecule has 4 rings (SSSR count). The van der Waals surface area contributed by atoms with E-state index < -0.39 is 40.0 Å². The van der Waals surface area contributed by atoms with Crippen LogP contribution in [0.15, 0.2) is 93.8 Å². The molecule has 0 aromatic heterocycles. The molecule has 216 valence electrons. The van der Waals surface area contributed by atoms with Gasteiger partial charge in [0.15, 0.2) is 0 Å². The molecular weight excluding hydrogens is 649 g/mol. The third-order valence-electron chi connectivity index (χ3n) is 6.82. The Balaban J connectivity index is 1.93. The molecule has 11 heteroatoms. The lowest BCUT2D eigenvalue weighted by Crippen LogP contribution is -2.49. The number of nitrogens with one attached hydrogen (secondary N) is 1. The average molecular weight is 679 g/mol. The molecule has 0 bridgehead atoms. The van der Waals surface area contributed by atoms with Crippen LogP contribution in [0.4, 0.5) is 0 Å². The number of benzene rings is 3. The Hall–Kier alpha value is -2.69. The molecule has 41 heavy (non-hydrogen) atoms. The van der Waals surface area contributed by atoms with Gasteiger partial charge in [0.1, 0.15) is 6.04 Å². The fourth-order valence-corrected chi connectivity index (χ4v) is 7.50. The van der Waals surface area contributed by atoms with Gasteiger partial charge in [0.25, 0.3) is 0 Å². The number of primary amides is 1. The van der Waals surface area contributed by atoms with E-state index in [0.29, 0.717) is 22.0 Å². The summed E-state index contributed by atoms with van der Waals surface area (Å²) in [7, 11) is -4.23. The van der Waals surface area contributed by atoms with E-state index >= 15 is 0 Å². The van der Waals surface area contributed by atoms with Crippen molar-refractivity contribution in [2.24, 2.45) is 11.7 Å². The third-order valence-corrected chi connectivity index (χ3v) is 9.69. The summed E-state index contributed by atoms with van der Waals surface area (Å²) in [6.45, 7) is 3.83. The molecule has 0 radical (unpaired) electrons. The number of halogens is 3. The molecule has 0 fully saturated rings. The summed E-state index contributed by atoms with van der Waals surface area (Å²) in [5.74, 6) is -1.16. The van der Waals surface area contributed by atoms with Crippen LogP contribution in [0.1, 0.15) is 49.9 Å². The zero-order valence-corrected chi connectivity index (χ0v) is 26.3. The second kappa shape index (κ2) is 13.1. The second-order valence-electron chi connectivity index (χ2n) is 10.3. The van der Waals surface area contributed by atoms with Crippen molar-refractivity contribution in [3.05, 3.63) is 110 Å². The molecule has 0 aliphatic carbocycles. The topological polar surface area (TPSA) is 110 Å². The fraction of sp³-hybridized carbons (Fsp3) is 0.267. The van der Waals surface area contributed by atoms with Crippen LogP contribution >= 0.6 is 39.1 Å². The number of rotatable bonds is 9. The van der Waals surface area contributed by atoms with Crippen LogP contribution in [0.2, 0.25) is 10.0 Å². The molecule has 0 saturated heterocycles. The van der Waals surface area contributed by atoms with Crippen molar-refractivity contribution in [3.8, 4) is 0 Å². The molecule has 3 aromatic rings. The first-order valence-electron chi connectivity index (χ1n) is 13.0. The van der Waals surface area contributed by atoms with Gasteiger partial charge in [-0.3, -0.25) is 9.59 Å². The second-order valence-corrected chi connectivity index (χ2v) is 13.9. The van der Waals surface area contributed by atoms with Crippen molar-refractivity contribution in [2.75, 3.05) is 0 Å². The highest BCUT2D eigenvalue weighted by Gasteiger charge is 2.45. The summed E-state index contributed by atoms with van der Waals surface area (Å²) in [5, 5.41) is 3.52. The molecule has 1 aliphatic rings. The molecular formula is C30H30BrCl2N3O4S. The number of amides is 2. The van der Waals surface area contributed by atoms with Gasteiger partial charge in [-0.15, -0.1) is 0 Å². The monoisotopic (exact) mass is 677 g/mol. The fourth-order valence-electron chi connectivity index (χ4n) is 4.98. The molecule has 0 spiro atoms. The first-order valence-corrected chi connectivity index (χ1v) is 16.0. The Labute approximate surface area is 258 Å². The first-order chi connectivity index (χ1) is 19.4. The van der Waals surface area contributed by atoms with Gasteiger partial charge in [-0.05, 0) is 78.4 Å². The standard InChI is InChI=1S/C30H30BrCl2N3O4S/c1-18(2)15-26(29(34)37)35-30(38)25-13-14-27(19-5-3-7-21(31)16-19)36(28(25)20-6-4-8-23(33)17-20)41(39,40)24-11-9-22(32)10-12-24/h3-13,16-18,26-28H,14-15H2,1-2H3,(H2,34,37)(H,35,38)/t26-,27?,28?/m0/s1. The molecule has 1 heterocycles. The van der Waals surface area contributed by atoms with Crippen LogP contribution in [-0.2, 0) is 19.6 Å². The van der Waals surface area contributed by atoms with Gasteiger partial charge < -0.3 is 11.1 Å². The first kappa shape index (κ1) is 31.3. The van der Waals surface area contributed by atoms with Gasteiger partial charge in [0, 0.05) is 20.1 Å². The Bertz CT molecular complexity index is 1580. The quantitative estimate of drug-likeness (QED) is 0.267. The number of carbonyl (C=O) groups is 2. The third kappa shape index (κ3) is 7.21. The van der Waals surface area contributed by atoms with Crippen molar-refractivity contribution in [1.82, 2.24) is 9.62 Å². The van der Waals surface area contributed by atoms with Crippen molar-refractivity contribution in [1.29, 1.82) is 0 Å². The van der Waals surface area contributed by atoms with Crippen LogP contribution in [0.25, 0.3) is 0 Å². The van der Waals surface area contributed by atoms with Crippen LogP contribution in [0, 0.1) is 5.92 Å². The average Bonchev–Trinajstić information content (AvgIpc) is 2.91. The number of nitrogens with zero attached hydrogens (tertiary/aromatic N) is 1. The maximum Gasteiger partial charge on any atom is 0.249 e. The molecule has 2 unspecified atom stereocenters. The van der Waals surface area contributed by atoms with E-state index in [1.165, 1.54) is 28.6 Å². The van der Waals surface area contributed by atoms with Crippen molar-refractivity contribution in [2.45, 2.75) is 49.7 Å². The van der Waals surface area contributed by atoms with E-state index in [4.69, 9.17) is 28.9 Å². The number of nitrogens with two attached hydrogens (primary N) is 1. The van der Waals surface area contributed by atoms with Crippen molar-refractivity contribution >= 4 is 61.0 Å². The molecule has 1 aliphatic heterocycles. The highest BCUT2D eigenvalue weighted by atomic mass is 79.9. The number of carbonyl (C=O) groups excluding carboxylic acids is 2. The van der Waals surface area contributed by atoms with Crippen molar-refractivity contribution in [3.63, 3.8) is 0 Å². The van der Waals surface area contributed by atoms with Gasteiger partial charge in [-0.2, -0.15) is 4.31 Å². The summed E-state index contributed by atoms with van der Waals surface area (Å²) in [5.41, 5.74) is 7.01. The van der Waals surface area contributed by atoms with Gasteiger partial charge in [0.2, 0.25) is 21.8 Å². The van der Waals surface area contributed by atoms with E-state index in [9.17, 15) is 18.0 Å². The Morgan fingerprint density at radius 1 is 1.00 bits per heavy atom. The van der Waals surface area contributed by atoms with E-state index in [0.717, 1.165) is 10.0 Å². The zero-order chi connectivity index (χ0) is 29.9. The van der Waals surface area contributed by atoms with Gasteiger partial charge in [0.05, 0.1) is 17.0 Å². The van der Waals surface area contributed by atoms with E-state index in [1.807, 2.05) is 38.1 Å². The highest BCUT2D eigenvalue weighted by molar-refractivity contribution is 9.10. The summed E-state index contributed by atoms with van der Waals surface area (Å²) in [4.78, 5) is 26.1. The maximum absolute atomic E-state index is 14.5. The lowest BCUT2D eigenvalue weighted by Gasteiger charge is -2.41. The summed E-state index contributed by atoms with van der Waals surface area (Å²) in [6.07, 6.45) is 2.27. The summed E-state index contributed by atoms with van der Waals surface area (Å²) >= 11 is 15.9. The van der Waals surface area contributed by atoms with E-state index in [2.05, 4.69) is 21.2 Å².